The minimum atomic E-state index is 0.648. The summed E-state index contributed by atoms with van der Waals surface area (Å²) in [6, 6.07) is 6.81. The Balaban J connectivity index is 0.000000791. The largest absolute Gasteiger partial charge is 0.0683 e. The van der Waals surface area contributed by atoms with E-state index in [1.807, 2.05) is 13.8 Å². The molecule has 0 radical (unpaired) electrons. The van der Waals surface area contributed by atoms with Gasteiger partial charge in [-0.3, -0.25) is 0 Å². The van der Waals surface area contributed by atoms with E-state index in [2.05, 4.69) is 45.9 Å². The fraction of sp³-hybridized carbons (Fsp3) is 0.571. The Bertz CT molecular complexity index is 259. The minimum Gasteiger partial charge on any atom is -0.0683 e. The number of aryl methyl sites for hydroxylation is 2. The normalized spacial score (nSPS) is 9.64. The highest BCUT2D eigenvalue weighted by molar-refractivity contribution is 5.32. The Morgan fingerprint density at radius 2 is 1.71 bits per heavy atom. The molecule has 0 fully saturated rings. The molecular weight excluding hydrogens is 168 g/mol. The van der Waals surface area contributed by atoms with Crippen LogP contribution < -0.4 is 0 Å². The number of benzene rings is 1. The zero-order chi connectivity index (χ0) is 11.1. The first-order valence-electron chi connectivity index (χ1n) is 5.74. The van der Waals surface area contributed by atoms with Gasteiger partial charge in [-0.25, -0.2) is 0 Å². The minimum absolute atomic E-state index is 0.648. The van der Waals surface area contributed by atoms with E-state index in [1.165, 1.54) is 16.7 Å². The second kappa shape index (κ2) is 6.64. The molecule has 0 unspecified atom stereocenters. The van der Waals surface area contributed by atoms with Gasteiger partial charge in [0, 0.05) is 0 Å². The highest BCUT2D eigenvalue weighted by Crippen LogP contribution is 2.18. The average Bonchev–Trinajstić information content (AvgIpc) is 2.20. The molecule has 0 nitrogen and oxygen atoms in total. The molecule has 0 atom stereocenters. The van der Waals surface area contributed by atoms with Gasteiger partial charge >= 0.3 is 0 Å². The van der Waals surface area contributed by atoms with Crippen molar-refractivity contribution in [2.24, 2.45) is 0 Å². The first-order valence-corrected chi connectivity index (χ1v) is 5.74. The third-order valence-corrected chi connectivity index (χ3v) is 2.41. The van der Waals surface area contributed by atoms with Crippen LogP contribution in [0.1, 0.15) is 57.2 Å². The third-order valence-electron chi connectivity index (χ3n) is 2.41. The summed E-state index contributed by atoms with van der Waals surface area (Å²) >= 11 is 0. The standard InChI is InChI=1S/C12H18.C2H6/c1-5-11-6-7-12(9(2)3)8-10(11)4;1-2/h6-9H,5H2,1-4H3;1-2H3. The van der Waals surface area contributed by atoms with E-state index in [0.717, 1.165) is 6.42 Å². The maximum absolute atomic E-state index is 2.31. The Kier molecular flexibility index (Phi) is 6.27. The molecule has 0 aliphatic rings. The van der Waals surface area contributed by atoms with E-state index in [0.29, 0.717) is 5.92 Å². The SMILES string of the molecule is CC.CCc1ccc(C(C)C)cc1C. The number of hydrogen-bond acceptors (Lipinski definition) is 0. The van der Waals surface area contributed by atoms with Crippen LogP contribution in [0.5, 0.6) is 0 Å². The molecule has 0 aliphatic carbocycles. The summed E-state index contributed by atoms with van der Waals surface area (Å²) in [5, 5.41) is 0. The van der Waals surface area contributed by atoms with Gasteiger partial charge in [0.1, 0.15) is 0 Å². The van der Waals surface area contributed by atoms with E-state index in [4.69, 9.17) is 0 Å². The predicted octanol–water partition coefficient (Wildman–Crippen LogP) is 4.71. The van der Waals surface area contributed by atoms with E-state index in [9.17, 15) is 0 Å². The van der Waals surface area contributed by atoms with Crippen LogP contribution in [0.25, 0.3) is 0 Å². The van der Waals surface area contributed by atoms with Crippen molar-refractivity contribution in [2.45, 2.75) is 53.9 Å². The molecule has 0 heteroatoms. The molecule has 0 bridgehead atoms. The lowest BCUT2D eigenvalue weighted by Gasteiger charge is -2.09. The van der Waals surface area contributed by atoms with Crippen molar-refractivity contribution in [1.29, 1.82) is 0 Å². The van der Waals surface area contributed by atoms with Crippen LogP contribution in [-0.4, -0.2) is 0 Å². The van der Waals surface area contributed by atoms with Crippen LogP contribution in [0, 0.1) is 6.92 Å². The molecule has 0 aliphatic heterocycles. The molecular formula is C14H24. The van der Waals surface area contributed by atoms with Gasteiger partial charge in [-0.15, -0.1) is 0 Å². The fourth-order valence-corrected chi connectivity index (χ4v) is 1.47. The summed E-state index contributed by atoms with van der Waals surface area (Å²) in [5.74, 6) is 0.648. The van der Waals surface area contributed by atoms with Gasteiger partial charge in [0.25, 0.3) is 0 Å². The Morgan fingerprint density at radius 1 is 1.14 bits per heavy atom. The second-order valence-electron chi connectivity index (χ2n) is 3.69. The van der Waals surface area contributed by atoms with Crippen LogP contribution in [0.2, 0.25) is 0 Å². The van der Waals surface area contributed by atoms with Crippen molar-refractivity contribution < 1.29 is 0 Å². The topological polar surface area (TPSA) is 0 Å². The van der Waals surface area contributed by atoms with Gasteiger partial charge in [-0.05, 0) is 36.0 Å². The average molecular weight is 192 g/mol. The second-order valence-corrected chi connectivity index (χ2v) is 3.69. The van der Waals surface area contributed by atoms with Crippen LogP contribution in [0.4, 0.5) is 0 Å². The van der Waals surface area contributed by atoms with Crippen molar-refractivity contribution in [2.75, 3.05) is 0 Å². The summed E-state index contributed by atoms with van der Waals surface area (Å²) in [7, 11) is 0. The third kappa shape index (κ3) is 3.53. The molecule has 0 N–H and O–H groups in total. The van der Waals surface area contributed by atoms with E-state index < -0.39 is 0 Å². The van der Waals surface area contributed by atoms with Crippen LogP contribution >= 0.6 is 0 Å². The lowest BCUT2D eigenvalue weighted by Crippen LogP contribution is -1.91. The molecule has 1 rings (SSSR count). The zero-order valence-corrected chi connectivity index (χ0v) is 10.5. The highest BCUT2D eigenvalue weighted by Gasteiger charge is 2.00. The van der Waals surface area contributed by atoms with Gasteiger partial charge in [0.15, 0.2) is 0 Å². The maximum atomic E-state index is 2.31. The monoisotopic (exact) mass is 192 g/mol. The van der Waals surface area contributed by atoms with Crippen molar-refractivity contribution in [3.05, 3.63) is 34.9 Å². The number of rotatable bonds is 2. The Morgan fingerprint density at radius 3 is 2.07 bits per heavy atom. The van der Waals surface area contributed by atoms with Gasteiger partial charge in [-0.1, -0.05) is 52.8 Å². The first kappa shape index (κ1) is 13.2. The van der Waals surface area contributed by atoms with E-state index >= 15 is 0 Å². The first-order chi connectivity index (χ1) is 6.65. The van der Waals surface area contributed by atoms with Crippen molar-refractivity contribution in [3.8, 4) is 0 Å². The van der Waals surface area contributed by atoms with Crippen LogP contribution in [-0.2, 0) is 6.42 Å². The fourth-order valence-electron chi connectivity index (χ4n) is 1.47. The molecule has 0 heterocycles. The van der Waals surface area contributed by atoms with Crippen molar-refractivity contribution in [1.82, 2.24) is 0 Å². The summed E-state index contributed by atoms with van der Waals surface area (Å²) in [6.45, 7) is 12.9. The zero-order valence-electron chi connectivity index (χ0n) is 10.5. The predicted molar refractivity (Wildman–Crippen MR) is 66.0 cm³/mol. The summed E-state index contributed by atoms with van der Waals surface area (Å²) in [5.41, 5.74) is 4.35. The molecule has 0 spiro atoms. The van der Waals surface area contributed by atoms with Gasteiger partial charge < -0.3 is 0 Å². The lowest BCUT2D eigenvalue weighted by atomic mass is 9.97. The van der Waals surface area contributed by atoms with E-state index in [1.54, 1.807) is 0 Å². The highest BCUT2D eigenvalue weighted by atomic mass is 14.1. The summed E-state index contributed by atoms with van der Waals surface area (Å²) < 4.78 is 0. The maximum Gasteiger partial charge on any atom is -0.0219 e. The molecule has 14 heavy (non-hydrogen) atoms. The molecule has 0 saturated carbocycles. The van der Waals surface area contributed by atoms with E-state index in [-0.39, 0.29) is 0 Å². The molecule has 0 amide bonds. The van der Waals surface area contributed by atoms with Gasteiger partial charge in [0.05, 0.1) is 0 Å². The van der Waals surface area contributed by atoms with Gasteiger partial charge in [-0.2, -0.15) is 0 Å². The smallest absolute Gasteiger partial charge is 0.0219 e. The lowest BCUT2D eigenvalue weighted by molar-refractivity contribution is 0.862. The van der Waals surface area contributed by atoms with Crippen LogP contribution in [0.3, 0.4) is 0 Å². The Labute approximate surface area is 89.4 Å². The quantitative estimate of drug-likeness (QED) is 0.636. The van der Waals surface area contributed by atoms with Gasteiger partial charge in [0.2, 0.25) is 0 Å². The molecule has 1 aromatic carbocycles. The van der Waals surface area contributed by atoms with Crippen LogP contribution in [0.15, 0.2) is 18.2 Å². The van der Waals surface area contributed by atoms with Crippen molar-refractivity contribution in [3.63, 3.8) is 0 Å². The molecule has 80 valence electrons. The summed E-state index contributed by atoms with van der Waals surface area (Å²) in [4.78, 5) is 0. The molecule has 1 aromatic rings. The van der Waals surface area contributed by atoms with Crippen molar-refractivity contribution >= 4 is 0 Å². The number of hydrogen-bond donors (Lipinski definition) is 0. The molecule has 0 aromatic heterocycles. The summed E-state index contributed by atoms with van der Waals surface area (Å²) in [6.07, 6.45) is 1.14. The molecule has 0 saturated heterocycles. The Hall–Kier alpha value is -0.780.